The Balaban J connectivity index is 1.91. The normalized spacial score (nSPS) is 10.6. The van der Waals surface area contributed by atoms with Crippen molar-refractivity contribution in [1.82, 2.24) is 9.78 Å². The fourth-order valence-electron chi connectivity index (χ4n) is 2.47. The summed E-state index contributed by atoms with van der Waals surface area (Å²) in [6, 6.07) is 19.6. The highest BCUT2D eigenvalue weighted by atomic mass is 16.2. The Labute approximate surface area is 136 Å². The third-order valence-corrected chi connectivity index (χ3v) is 3.89. The number of hydrogen-bond donors (Lipinski definition) is 0. The smallest absolute Gasteiger partial charge is 0.276 e. The second-order valence-corrected chi connectivity index (χ2v) is 5.60. The van der Waals surface area contributed by atoms with Crippen LogP contribution < -0.4 is 4.90 Å². The van der Waals surface area contributed by atoms with Crippen LogP contribution in [0.3, 0.4) is 0 Å². The molecule has 0 saturated heterocycles. The molecule has 0 aliphatic heterocycles. The number of aryl methyl sites for hydroxylation is 2. The van der Waals surface area contributed by atoms with Gasteiger partial charge in [-0.1, -0.05) is 48.0 Å². The highest BCUT2D eigenvalue weighted by molar-refractivity contribution is 6.05. The Hall–Kier alpha value is -2.88. The number of benzene rings is 2. The number of hydrogen-bond acceptors (Lipinski definition) is 2. The van der Waals surface area contributed by atoms with Gasteiger partial charge < -0.3 is 4.90 Å². The van der Waals surface area contributed by atoms with Crippen LogP contribution in [-0.2, 0) is 7.05 Å². The zero-order valence-corrected chi connectivity index (χ0v) is 13.5. The number of carbonyl (C=O) groups is 1. The van der Waals surface area contributed by atoms with Gasteiger partial charge in [0.25, 0.3) is 5.91 Å². The molecule has 0 radical (unpaired) electrons. The molecule has 0 atom stereocenters. The summed E-state index contributed by atoms with van der Waals surface area (Å²) in [5.74, 6) is -0.0777. The van der Waals surface area contributed by atoms with Crippen molar-refractivity contribution in [2.24, 2.45) is 7.05 Å². The Morgan fingerprint density at radius 3 is 2.35 bits per heavy atom. The molecule has 2 aromatic carbocycles. The van der Waals surface area contributed by atoms with Gasteiger partial charge in [0.1, 0.15) is 5.69 Å². The van der Waals surface area contributed by atoms with Crippen molar-refractivity contribution < 1.29 is 4.79 Å². The summed E-state index contributed by atoms with van der Waals surface area (Å²) >= 11 is 0. The number of amides is 1. The summed E-state index contributed by atoms with van der Waals surface area (Å²) in [6.07, 6.45) is 0. The topological polar surface area (TPSA) is 38.1 Å². The molecule has 0 spiro atoms. The summed E-state index contributed by atoms with van der Waals surface area (Å²) in [5, 5.41) is 4.46. The first kappa shape index (κ1) is 15.0. The largest absolute Gasteiger partial charge is 0.310 e. The summed E-state index contributed by atoms with van der Waals surface area (Å²) in [4.78, 5) is 14.4. The first-order valence-corrected chi connectivity index (χ1v) is 7.50. The van der Waals surface area contributed by atoms with Crippen LogP contribution in [0.15, 0.2) is 60.7 Å². The molecule has 3 aromatic rings. The Kier molecular flexibility index (Phi) is 3.98. The maximum atomic E-state index is 12.8. The van der Waals surface area contributed by atoms with E-state index in [9.17, 15) is 4.79 Å². The predicted molar refractivity (Wildman–Crippen MR) is 92.6 cm³/mol. The second-order valence-electron chi connectivity index (χ2n) is 5.60. The fourth-order valence-corrected chi connectivity index (χ4v) is 2.47. The van der Waals surface area contributed by atoms with E-state index in [1.54, 1.807) is 23.7 Å². The van der Waals surface area contributed by atoms with E-state index in [1.165, 1.54) is 5.56 Å². The van der Waals surface area contributed by atoms with Crippen molar-refractivity contribution in [2.45, 2.75) is 6.92 Å². The van der Waals surface area contributed by atoms with Gasteiger partial charge in [-0.05, 0) is 25.1 Å². The van der Waals surface area contributed by atoms with Crippen molar-refractivity contribution in [3.8, 4) is 11.3 Å². The molecule has 0 bridgehead atoms. The van der Waals surface area contributed by atoms with E-state index in [0.29, 0.717) is 5.69 Å². The van der Waals surface area contributed by atoms with Crippen LogP contribution in [0.5, 0.6) is 0 Å². The van der Waals surface area contributed by atoms with E-state index < -0.39 is 0 Å². The van der Waals surface area contributed by atoms with Crippen molar-refractivity contribution >= 4 is 11.6 Å². The van der Waals surface area contributed by atoms with E-state index in [0.717, 1.165) is 16.9 Å². The number of carbonyl (C=O) groups excluding carboxylic acids is 1. The minimum Gasteiger partial charge on any atom is -0.310 e. The van der Waals surface area contributed by atoms with Gasteiger partial charge in [-0.15, -0.1) is 0 Å². The molecule has 4 nitrogen and oxygen atoms in total. The summed E-state index contributed by atoms with van der Waals surface area (Å²) in [5.41, 5.74) is 4.39. The van der Waals surface area contributed by atoms with Gasteiger partial charge in [0.15, 0.2) is 0 Å². The minimum atomic E-state index is -0.0777. The molecule has 0 fully saturated rings. The molecule has 1 aromatic heterocycles. The van der Waals surface area contributed by atoms with Crippen molar-refractivity contribution in [3.05, 3.63) is 71.9 Å². The van der Waals surface area contributed by atoms with Gasteiger partial charge in [0, 0.05) is 25.3 Å². The van der Waals surface area contributed by atoms with Gasteiger partial charge in [0.2, 0.25) is 0 Å². The van der Waals surface area contributed by atoms with Crippen molar-refractivity contribution in [2.75, 3.05) is 11.9 Å². The van der Waals surface area contributed by atoms with Gasteiger partial charge in [-0.25, -0.2) is 0 Å². The molecule has 0 unspecified atom stereocenters. The van der Waals surface area contributed by atoms with Gasteiger partial charge in [-0.2, -0.15) is 5.10 Å². The highest BCUT2D eigenvalue weighted by Gasteiger charge is 2.19. The lowest BCUT2D eigenvalue weighted by Crippen LogP contribution is -2.28. The number of nitrogens with zero attached hydrogens (tertiary/aromatic N) is 3. The monoisotopic (exact) mass is 305 g/mol. The fraction of sp³-hybridized carbons (Fsp3) is 0.158. The summed E-state index contributed by atoms with van der Waals surface area (Å²) in [6.45, 7) is 2.03. The summed E-state index contributed by atoms with van der Waals surface area (Å²) in [7, 11) is 3.57. The lowest BCUT2D eigenvalue weighted by Gasteiger charge is -2.17. The first-order valence-electron chi connectivity index (χ1n) is 7.50. The lowest BCUT2D eigenvalue weighted by molar-refractivity contribution is 0.0984. The zero-order chi connectivity index (χ0) is 16.4. The third kappa shape index (κ3) is 3.01. The van der Waals surface area contributed by atoms with Gasteiger partial charge in [-0.3, -0.25) is 9.48 Å². The summed E-state index contributed by atoms with van der Waals surface area (Å²) < 4.78 is 1.63. The average Bonchev–Trinajstić information content (AvgIpc) is 2.97. The molecule has 23 heavy (non-hydrogen) atoms. The Bertz CT molecular complexity index is 820. The van der Waals surface area contributed by atoms with E-state index in [2.05, 4.69) is 5.10 Å². The quantitative estimate of drug-likeness (QED) is 0.740. The second kappa shape index (κ2) is 6.08. The molecule has 0 aliphatic carbocycles. The van der Waals surface area contributed by atoms with Crippen molar-refractivity contribution in [1.29, 1.82) is 0 Å². The van der Waals surface area contributed by atoms with Crippen LogP contribution in [0.1, 0.15) is 16.1 Å². The van der Waals surface area contributed by atoms with Crippen molar-refractivity contribution in [3.63, 3.8) is 0 Å². The van der Waals surface area contributed by atoms with Crippen LogP contribution in [0.4, 0.5) is 5.69 Å². The first-order chi connectivity index (χ1) is 11.1. The molecule has 4 heteroatoms. The lowest BCUT2D eigenvalue weighted by atomic mass is 10.1. The molecule has 3 rings (SSSR count). The highest BCUT2D eigenvalue weighted by Crippen LogP contribution is 2.21. The molecule has 0 saturated carbocycles. The Morgan fingerprint density at radius 1 is 1.04 bits per heavy atom. The standard InChI is InChI=1S/C19H19N3O/c1-14-9-11-16(12-10-14)21(2)19(23)18-13-17(20-22(18)3)15-7-5-4-6-8-15/h4-13H,1-3H3. The minimum absolute atomic E-state index is 0.0777. The average molecular weight is 305 g/mol. The number of rotatable bonds is 3. The van der Waals surface area contributed by atoms with E-state index in [4.69, 9.17) is 0 Å². The SMILES string of the molecule is Cc1ccc(N(C)C(=O)c2cc(-c3ccccc3)nn2C)cc1. The predicted octanol–water partition coefficient (Wildman–Crippen LogP) is 3.67. The van der Waals surface area contributed by atoms with Gasteiger partial charge >= 0.3 is 0 Å². The third-order valence-electron chi connectivity index (χ3n) is 3.89. The maximum Gasteiger partial charge on any atom is 0.276 e. The van der Waals surface area contributed by atoms with Gasteiger partial charge in [0.05, 0.1) is 5.69 Å². The molecule has 0 aliphatic rings. The Morgan fingerprint density at radius 2 is 1.70 bits per heavy atom. The van der Waals surface area contributed by atoms with E-state index >= 15 is 0 Å². The van der Waals surface area contributed by atoms with Crippen LogP contribution >= 0.6 is 0 Å². The maximum absolute atomic E-state index is 12.8. The molecule has 1 heterocycles. The number of aromatic nitrogens is 2. The van der Waals surface area contributed by atoms with Crippen LogP contribution in [0.2, 0.25) is 0 Å². The number of anilines is 1. The molecule has 0 N–H and O–H groups in total. The van der Waals surface area contributed by atoms with Crippen LogP contribution in [0, 0.1) is 6.92 Å². The molecule has 116 valence electrons. The molecular formula is C19H19N3O. The van der Waals surface area contributed by atoms with Crippen LogP contribution in [-0.4, -0.2) is 22.7 Å². The zero-order valence-electron chi connectivity index (χ0n) is 13.5. The van der Waals surface area contributed by atoms with E-state index in [1.807, 2.05) is 67.6 Å². The molecular weight excluding hydrogens is 286 g/mol. The van der Waals surface area contributed by atoms with Crippen LogP contribution in [0.25, 0.3) is 11.3 Å². The molecule has 1 amide bonds. The van der Waals surface area contributed by atoms with E-state index in [-0.39, 0.29) is 5.91 Å².